The molecule has 0 bridgehead atoms. The number of halogens is 1. The highest BCUT2D eigenvalue weighted by atomic mass is 19.1. The van der Waals surface area contributed by atoms with E-state index in [9.17, 15) is 14.0 Å². The molecule has 0 unspecified atom stereocenters. The molecule has 0 aliphatic heterocycles. The first kappa shape index (κ1) is 19.4. The van der Waals surface area contributed by atoms with E-state index in [2.05, 4.69) is 10.6 Å². The van der Waals surface area contributed by atoms with Gasteiger partial charge in [0, 0.05) is 11.8 Å². The van der Waals surface area contributed by atoms with Gasteiger partial charge < -0.3 is 21.1 Å². The van der Waals surface area contributed by atoms with Crippen molar-refractivity contribution in [2.24, 2.45) is 11.7 Å². The zero-order valence-electron chi connectivity index (χ0n) is 14.7. The van der Waals surface area contributed by atoms with Crippen LogP contribution in [0.1, 0.15) is 13.8 Å². The molecule has 7 heteroatoms. The quantitative estimate of drug-likeness (QED) is 0.708. The molecule has 2 aromatic carbocycles. The van der Waals surface area contributed by atoms with Gasteiger partial charge in [-0.05, 0) is 42.3 Å². The molecule has 4 N–H and O–H groups in total. The van der Waals surface area contributed by atoms with E-state index in [0.29, 0.717) is 17.2 Å². The molecule has 2 aromatic rings. The second-order valence-electron chi connectivity index (χ2n) is 6.12. The van der Waals surface area contributed by atoms with Crippen molar-refractivity contribution in [3.8, 4) is 11.5 Å². The Hall–Kier alpha value is -2.93. The van der Waals surface area contributed by atoms with Gasteiger partial charge in [0.25, 0.3) is 0 Å². The third-order valence-electron chi connectivity index (χ3n) is 3.61. The second kappa shape index (κ2) is 8.96. The number of hydrogen-bond donors (Lipinski definition) is 3. The Kier molecular flexibility index (Phi) is 6.68. The Balaban J connectivity index is 1.84. The van der Waals surface area contributed by atoms with Crippen LogP contribution in [-0.4, -0.2) is 24.4 Å². The second-order valence-corrected chi connectivity index (χ2v) is 6.12. The first-order valence-corrected chi connectivity index (χ1v) is 8.22. The molecule has 2 rings (SSSR count). The highest BCUT2D eigenvalue weighted by molar-refractivity contribution is 5.95. The minimum atomic E-state index is -0.651. The van der Waals surface area contributed by atoms with E-state index in [1.165, 1.54) is 12.1 Å². The Morgan fingerprint density at radius 1 is 1.12 bits per heavy atom. The summed E-state index contributed by atoms with van der Waals surface area (Å²) in [4.78, 5) is 23.6. The maximum atomic E-state index is 13.1. The van der Waals surface area contributed by atoms with E-state index >= 15 is 0 Å². The molecule has 138 valence electrons. The van der Waals surface area contributed by atoms with Gasteiger partial charge in [0.05, 0.1) is 12.6 Å². The summed E-state index contributed by atoms with van der Waals surface area (Å²) in [5.41, 5.74) is 6.25. The summed E-state index contributed by atoms with van der Waals surface area (Å²) in [6.07, 6.45) is 0. The lowest BCUT2D eigenvalue weighted by Gasteiger charge is -2.15. The Morgan fingerprint density at radius 2 is 1.81 bits per heavy atom. The predicted octanol–water partition coefficient (Wildman–Crippen LogP) is 2.66. The molecule has 2 amide bonds. The number of nitrogens with one attached hydrogen (secondary N) is 2. The summed E-state index contributed by atoms with van der Waals surface area (Å²) >= 11 is 0. The zero-order valence-corrected chi connectivity index (χ0v) is 14.7. The smallest absolute Gasteiger partial charge is 0.243 e. The number of hydrogen-bond acceptors (Lipinski definition) is 4. The summed E-state index contributed by atoms with van der Waals surface area (Å²) in [5, 5.41) is 5.15. The van der Waals surface area contributed by atoms with Gasteiger partial charge in [-0.3, -0.25) is 9.59 Å². The molecule has 0 spiro atoms. The molecule has 0 aliphatic carbocycles. The van der Waals surface area contributed by atoms with Gasteiger partial charge in [0.1, 0.15) is 17.3 Å². The molecule has 6 nitrogen and oxygen atoms in total. The highest BCUT2D eigenvalue weighted by Crippen LogP contribution is 2.23. The molecule has 0 radical (unpaired) electrons. The van der Waals surface area contributed by atoms with E-state index in [4.69, 9.17) is 10.5 Å². The number of rotatable bonds is 7. The van der Waals surface area contributed by atoms with Crippen LogP contribution in [0.2, 0.25) is 0 Å². The maximum Gasteiger partial charge on any atom is 0.243 e. The fraction of sp³-hybridized carbons (Fsp3) is 0.263. The summed E-state index contributed by atoms with van der Waals surface area (Å²) in [6.45, 7) is 3.50. The number of nitrogens with two attached hydrogens (primary N) is 1. The van der Waals surface area contributed by atoms with Crippen molar-refractivity contribution in [1.29, 1.82) is 0 Å². The molecule has 0 fully saturated rings. The van der Waals surface area contributed by atoms with Gasteiger partial charge in [0.15, 0.2) is 0 Å². The van der Waals surface area contributed by atoms with Gasteiger partial charge in [-0.15, -0.1) is 0 Å². The largest absolute Gasteiger partial charge is 0.457 e. The lowest BCUT2D eigenvalue weighted by atomic mass is 10.1. The van der Waals surface area contributed by atoms with Gasteiger partial charge in [0.2, 0.25) is 11.8 Å². The predicted molar refractivity (Wildman–Crippen MR) is 97.4 cm³/mol. The first-order chi connectivity index (χ1) is 12.3. The van der Waals surface area contributed by atoms with Gasteiger partial charge in [-0.2, -0.15) is 0 Å². The lowest BCUT2D eigenvalue weighted by molar-refractivity contribution is -0.125. The Morgan fingerprint density at radius 3 is 2.42 bits per heavy atom. The number of carbonyl (C=O) groups is 2. The maximum absolute atomic E-state index is 13.1. The van der Waals surface area contributed by atoms with Crippen molar-refractivity contribution in [3.05, 3.63) is 54.3 Å². The van der Waals surface area contributed by atoms with Gasteiger partial charge in [-0.25, -0.2) is 4.39 Å². The van der Waals surface area contributed by atoms with Crippen molar-refractivity contribution in [2.45, 2.75) is 19.9 Å². The van der Waals surface area contributed by atoms with Crippen LogP contribution in [-0.2, 0) is 9.59 Å². The zero-order chi connectivity index (χ0) is 19.1. The van der Waals surface area contributed by atoms with Crippen molar-refractivity contribution < 1.29 is 18.7 Å². The fourth-order valence-electron chi connectivity index (χ4n) is 2.07. The van der Waals surface area contributed by atoms with Crippen LogP contribution >= 0.6 is 0 Å². The molecular weight excluding hydrogens is 337 g/mol. The van der Waals surface area contributed by atoms with Crippen molar-refractivity contribution in [1.82, 2.24) is 5.32 Å². The van der Waals surface area contributed by atoms with Crippen LogP contribution in [0, 0.1) is 11.7 Å². The van der Waals surface area contributed by atoms with Crippen LogP contribution in [0.5, 0.6) is 11.5 Å². The number of amides is 2. The molecule has 0 aromatic heterocycles. The summed E-state index contributed by atoms with van der Waals surface area (Å²) in [6, 6.07) is 11.7. The summed E-state index contributed by atoms with van der Waals surface area (Å²) < 4.78 is 18.7. The van der Waals surface area contributed by atoms with Crippen LogP contribution in [0.3, 0.4) is 0 Å². The number of carbonyl (C=O) groups excluding carboxylic acids is 2. The highest BCUT2D eigenvalue weighted by Gasteiger charge is 2.17. The normalized spacial score (nSPS) is 11.7. The summed E-state index contributed by atoms with van der Waals surface area (Å²) in [5.74, 6) is -0.243. The number of benzene rings is 2. The van der Waals surface area contributed by atoms with E-state index in [0.717, 1.165) is 0 Å². The van der Waals surface area contributed by atoms with Gasteiger partial charge in [-0.1, -0.05) is 19.9 Å². The SMILES string of the molecule is CC(C)[C@H](N)C(=O)NCC(=O)Nc1ccc(Oc2cccc(F)c2)cc1. The monoisotopic (exact) mass is 359 g/mol. The third-order valence-corrected chi connectivity index (χ3v) is 3.61. The average molecular weight is 359 g/mol. The molecule has 26 heavy (non-hydrogen) atoms. The first-order valence-electron chi connectivity index (χ1n) is 8.22. The lowest BCUT2D eigenvalue weighted by Crippen LogP contribution is -2.46. The molecule has 1 atom stereocenters. The average Bonchev–Trinajstić information content (AvgIpc) is 2.60. The topological polar surface area (TPSA) is 93.5 Å². The Bertz CT molecular complexity index is 763. The number of anilines is 1. The van der Waals surface area contributed by atoms with Crippen LogP contribution in [0.25, 0.3) is 0 Å². The van der Waals surface area contributed by atoms with Crippen molar-refractivity contribution >= 4 is 17.5 Å². The van der Waals surface area contributed by atoms with Crippen molar-refractivity contribution in [2.75, 3.05) is 11.9 Å². The van der Waals surface area contributed by atoms with E-state index in [1.807, 2.05) is 13.8 Å². The van der Waals surface area contributed by atoms with E-state index < -0.39 is 6.04 Å². The molecule has 0 aliphatic rings. The van der Waals surface area contributed by atoms with Crippen molar-refractivity contribution in [3.63, 3.8) is 0 Å². The van der Waals surface area contributed by atoms with Crippen LogP contribution in [0.4, 0.5) is 10.1 Å². The standard InChI is InChI=1S/C19H22FN3O3/c1-12(2)18(21)19(25)22-11-17(24)23-14-6-8-15(9-7-14)26-16-5-3-4-13(20)10-16/h3-10,12,18H,11,21H2,1-2H3,(H,22,25)(H,23,24)/t18-/m0/s1. The Labute approximate surface area is 151 Å². The molecule has 0 saturated carbocycles. The van der Waals surface area contributed by atoms with E-state index in [-0.39, 0.29) is 30.1 Å². The minimum absolute atomic E-state index is 0.0105. The number of ether oxygens (including phenoxy) is 1. The van der Waals surface area contributed by atoms with Crippen LogP contribution < -0.4 is 21.1 Å². The molecule has 0 saturated heterocycles. The fourth-order valence-corrected chi connectivity index (χ4v) is 2.07. The molecule has 0 heterocycles. The molecular formula is C19H22FN3O3. The van der Waals surface area contributed by atoms with E-state index in [1.54, 1.807) is 36.4 Å². The minimum Gasteiger partial charge on any atom is -0.457 e. The van der Waals surface area contributed by atoms with Gasteiger partial charge >= 0.3 is 0 Å². The summed E-state index contributed by atoms with van der Waals surface area (Å²) in [7, 11) is 0. The third kappa shape index (κ3) is 5.86. The van der Waals surface area contributed by atoms with Crippen LogP contribution in [0.15, 0.2) is 48.5 Å².